The van der Waals surface area contributed by atoms with Crippen LogP contribution in [0.5, 0.6) is 0 Å². The maximum Gasteiger partial charge on any atom is 0.350 e. The zero-order valence-corrected chi connectivity index (χ0v) is 30.9. The lowest BCUT2D eigenvalue weighted by atomic mass is 9.49. The van der Waals surface area contributed by atoms with Crippen LogP contribution in [0.2, 0.25) is 0 Å². The molecule has 2 aromatic carbocycles. The van der Waals surface area contributed by atoms with E-state index in [4.69, 9.17) is 41.0 Å². The van der Waals surface area contributed by atoms with Gasteiger partial charge < -0.3 is 44.7 Å². The van der Waals surface area contributed by atoms with Gasteiger partial charge in [0.1, 0.15) is 35.9 Å². The number of Topliss-reactive ketones (excluding diaryl/α,β-unsaturated/α-hetero) is 1. The number of alkyl halides is 1. The van der Waals surface area contributed by atoms with Crippen molar-refractivity contribution in [2.45, 2.75) is 94.4 Å². The minimum absolute atomic E-state index is 0.0411. The second kappa shape index (κ2) is 14.8. The van der Waals surface area contributed by atoms with Gasteiger partial charge in [-0.25, -0.2) is 9.59 Å². The second-order valence-electron chi connectivity index (χ2n) is 15.0. The number of carbonyl (C=O) groups is 5. The first-order valence-electron chi connectivity index (χ1n) is 17.7. The lowest BCUT2D eigenvalue weighted by Gasteiger charge is -2.64. The molecule has 2 bridgehead atoms. The third-order valence-electron chi connectivity index (χ3n) is 11.7. The fourth-order valence-electron chi connectivity index (χ4n) is 8.89. The summed E-state index contributed by atoms with van der Waals surface area (Å²) in [6.07, 6.45) is -9.94. The number of nitrogens with two attached hydrogens (primary N) is 1. The Balaban J connectivity index is 1.51. The van der Waals surface area contributed by atoms with E-state index in [1.807, 2.05) is 0 Å². The number of hydrogen-bond acceptors (Lipinski definition) is 14. The zero-order valence-electron chi connectivity index (χ0n) is 30.2. The van der Waals surface area contributed by atoms with Crippen LogP contribution in [0.3, 0.4) is 0 Å². The molecule has 3 fully saturated rings. The summed E-state index contributed by atoms with van der Waals surface area (Å²) in [6.45, 7) is 5.50. The molecule has 2 saturated carbocycles. The highest BCUT2D eigenvalue weighted by atomic mass is 35.5. The van der Waals surface area contributed by atoms with Gasteiger partial charge >= 0.3 is 23.9 Å². The largest absolute Gasteiger partial charge is 0.455 e. The van der Waals surface area contributed by atoms with Crippen LogP contribution in [-0.2, 0) is 42.9 Å². The Kier molecular flexibility index (Phi) is 10.8. The molecule has 1 unspecified atom stereocenters. The van der Waals surface area contributed by atoms with Crippen molar-refractivity contribution in [2.24, 2.45) is 23.0 Å². The Labute approximate surface area is 316 Å². The third-order valence-corrected chi connectivity index (χ3v) is 11.9. The highest BCUT2D eigenvalue weighted by Crippen LogP contribution is 2.60. The molecule has 11 atom stereocenters. The van der Waals surface area contributed by atoms with Gasteiger partial charge in [0.25, 0.3) is 0 Å². The molecule has 0 radical (unpaired) electrons. The van der Waals surface area contributed by atoms with Gasteiger partial charge in [-0.2, -0.15) is 0 Å². The molecule has 4 aliphatic rings. The van der Waals surface area contributed by atoms with Crippen molar-refractivity contribution in [3.63, 3.8) is 0 Å². The molecule has 54 heavy (non-hydrogen) atoms. The van der Waals surface area contributed by atoms with Gasteiger partial charge in [-0.1, -0.05) is 62.4 Å². The first-order valence-corrected chi connectivity index (χ1v) is 18.2. The number of hydrogen-bond donors (Lipinski definition) is 4. The minimum atomic E-state index is -2.31. The van der Waals surface area contributed by atoms with Gasteiger partial charge in [0.05, 0.1) is 36.2 Å². The van der Waals surface area contributed by atoms with Crippen LogP contribution in [0, 0.1) is 17.3 Å². The molecule has 1 saturated heterocycles. The standard InChI is InChI=1S/C39H44ClNO13/c1-19-24(51-36(48)33(52-26(44)17-40)30(41)21-11-7-5-8-12-21)16-39(49)34(53-35(47)22-13-9-6-10-14-22)29-27(31(45)32(46)28(19)37(39,3)4)23(43)15-25-38(29,18-50-25)54-20(2)42/h5-14,23-25,27,29-30,32-34,43,46,49H,15-18,41H2,1-4H3/t23-,24-,25+,27?,29+,30-,32+,33+,34-,38-,39+/m0/s1. The number of halogens is 1. The summed E-state index contributed by atoms with van der Waals surface area (Å²) in [5.41, 5.74) is 1.50. The van der Waals surface area contributed by atoms with Gasteiger partial charge in [-0.15, -0.1) is 11.6 Å². The maximum atomic E-state index is 14.6. The summed E-state index contributed by atoms with van der Waals surface area (Å²) < 4.78 is 29.3. The SMILES string of the molecule is CC(=O)O[C@@]12CO[C@@H]1C[C@H](O)C1C(=O)[C@H](O)C3=C(C)[C@@H](OC(=O)[C@H](OC(=O)CCl)[C@@H](N)c4ccccc4)C[C@@](O)([C@@H](OC(=O)c4ccccc4)[C@@H]12)C3(C)C. The number of benzene rings is 2. The summed E-state index contributed by atoms with van der Waals surface area (Å²) in [4.78, 5) is 67.7. The fraction of sp³-hybridized carbons (Fsp3) is 0.513. The normalized spacial score (nSPS) is 33.6. The summed E-state index contributed by atoms with van der Waals surface area (Å²) >= 11 is 5.71. The quantitative estimate of drug-likeness (QED) is 0.124. The van der Waals surface area contributed by atoms with Crippen LogP contribution in [0.15, 0.2) is 71.8 Å². The molecule has 1 heterocycles. The van der Waals surface area contributed by atoms with Crippen molar-refractivity contribution in [1.82, 2.24) is 0 Å². The first kappa shape index (κ1) is 39.5. The maximum absolute atomic E-state index is 14.6. The van der Waals surface area contributed by atoms with Crippen LogP contribution < -0.4 is 5.73 Å². The first-order chi connectivity index (χ1) is 25.5. The van der Waals surface area contributed by atoms with Crippen molar-refractivity contribution in [3.8, 4) is 0 Å². The van der Waals surface area contributed by atoms with Gasteiger partial charge in [-0.05, 0) is 35.8 Å². The molecule has 3 aliphatic carbocycles. The average Bonchev–Trinajstić information content (AvgIpc) is 3.13. The second-order valence-corrected chi connectivity index (χ2v) is 15.2. The van der Waals surface area contributed by atoms with E-state index in [-0.39, 0.29) is 29.7 Å². The van der Waals surface area contributed by atoms with Crippen molar-refractivity contribution in [3.05, 3.63) is 82.9 Å². The third kappa shape index (κ3) is 6.52. The molecule has 6 rings (SSSR count). The molecule has 0 amide bonds. The predicted octanol–water partition coefficient (Wildman–Crippen LogP) is 2.09. The van der Waals surface area contributed by atoms with Crippen molar-refractivity contribution in [2.75, 3.05) is 12.5 Å². The molecule has 5 N–H and O–H groups in total. The van der Waals surface area contributed by atoms with Gasteiger partial charge in [-0.3, -0.25) is 14.4 Å². The fourth-order valence-corrected chi connectivity index (χ4v) is 8.96. The summed E-state index contributed by atoms with van der Waals surface area (Å²) in [5.74, 6) is -8.20. The van der Waals surface area contributed by atoms with Crippen LogP contribution in [0.1, 0.15) is 62.5 Å². The number of rotatable bonds is 9. The van der Waals surface area contributed by atoms with E-state index in [9.17, 15) is 39.3 Å². The van der Waals surface area contributed by atoms with Crippen LogP contribution in [-0.4, -0.2) is 105 Å². The number of ether oxygens (including phenoxy) is 5. The Bertz CT molecular complexity index is 1840. The molecule has 15 heteroatoms. The Morgan fingerprint density at radius 1 is 1.02 bits per heavy atom. The van der Waals surface area contributed by atoms with E-state index in [1.165, 1.54) is 19.1 Å². The topological polar surface area (TPSA) is 218 Å². The van der Waals surface area contributed by atoms with Crippen LogP contribution in [0.4, 0.5) is 0 Å². The number of aliphatic hydroxyl groups excluding tert-OH is 2. The monoisotopic (exact) mass is 769 g/mol. The van der Waals surface area contributed by atoms with E-state index in [0.717, 1.165) is 6.92 Å². The van der Waals surface area contributed by atoms with Crippen molar-refractivity contribution in [1.29, 1.82) is 0 Å². The Morgan fingerprint density at radius 3 is 2.22 bits per heavy atom. The number of fused-ring (bicyclic) bond motifs is 5. The van der Waals surface area contributed by atoms with E-state index in [0.29, 0.717) is 5.56 Å². The molecular weight excluding hydrogens is 726 g/mol. The molecule has 0 spiro atoms. The van der Waals surface area contributed by atoms with E-state index in [1.54, 1.807) is 62.4 Å². The van der Waals surface area contributed by atoms with Crippen molar-refractivity contribution < 1.29 is 63.0 Å². The average molecular weight is 770 g/mol. The van der Waals surface area contributed by atoms with Crippen molar-refractivity contribution >= 4 is 41.3 Å². The number of aliphatic hydroxyl groups is 3. The molecule has 0 aromatic heterocycles. The highest BCUT2D eigenvalue weighted by Gasteiger charge is 2.74. The van der Waals surface area contributed by atoms with E-state index in [2.05, 4.69) is 0 Å². The molecule has 2 aromatic rings. The van der Waals surface area contributed by atoms with Gasteiger partial charge in [0, 0.05) is 25.2 Å². The minimum Gasteiger partial charge on any atom is -0.455 e. The summed E-state index contributed by atoms with van der Waals surface area (Å²) in [6, 6.07) is 15.0. The summed E-state index contributed by atoms with van der Waals surface area (Å²) in [7, 11) is 0. The number of carbonyl (C=O) groups excluding carboxylic acids is 5. The zero-order chi connectivity index (χ0) is 39.3. The van der Waals surface area contributed by atoms with E-state index < -0.39 is 113 Å². The smallest absolute Gasteiger partial charge is 0.350 e. The number of esters is 4. The van der Waals surface area contributed by atoms with Crippen LogP contribution >= 0.6 is 11.6 Å². The Hall–Kier alpha value is -4.18. The van der Waals surface area contributed by atoms with Crippen LogP contribution in [0.25, 0.3) is 0 Å². The molecule has 1 aliphatic heterocycles. The lowest BCUT2D eigenvalue weighted by Crippen LogP contribution is -2.79. The molecule has 14 nitrogen and oxygen atoms in total. The molecule has 290 valence electrons. The van der Waals surface area contributed by atoms with E-state index >= 15 is 0 Å². The highest BCUT2D eigenvalue weighted by molar-refractivity contribution is 6.26. The predicted molar refractivity (Wildman–Crippen MR) is 188 cm³/mol. The molecular formula is C39H44ClNO13. The van der Waals surface area contributed by atoms with Gasteiger partial charge in [0.15, 0.2) is 11.4 Å². The Morgan fingerprint density at radius 2 is 1.65 bits per heavy atom. The number of ketones is 1. The van der Waals surface area contributed by atoms with Gasteiger partial charge in [0.2, 0.25) is 6.10 Å². The lowest BCUT2D eigenvalue weighted by molar-refractivity contribution is -0.332. The summed E-state index contributed by atoms with van der Waals surface area (Å²) in [5, 5.41) is 36.8.